The van der Waals surface area contributed by atoms with Gasteiger partial charge in [0.2, 0.25) is 0 Å². The Labute approximate surface area is 104 Å². The van der Waals surface area contributed by atoms with Crippen molar-refractivity contribution in [2.45, 2.75) is 4.90 Å². The molecule has 0 heterocycles. The molecule has 0 atom stereocenters. The number of nitrogens with one attached hydrogen (secondary N) is 1. The van der Waals surface area contributed by atoms with Crippen LogP contribution in [-0.4, -0.2) is 8.42 Å². The Morgan fingerprint density at radius 2 is 1.72 bits per heavy atom. The van der Waals surface area contributed by atoms with Gasteiger partial charge in [0.25, 0.3) is 10.0 Å². The third-order valence-electron chi connectivity index (χ3n) is 2.23. The van der Waals surface area contributed by atoms with Crippen molar-refractivity contribution in [1.82, 2.24) is 0 Å². The van der Waals surface area contributed by atoms with Gasteiger partial charge in [-0.1, -0.05) is 18.2 Å². The molecule has 0 radical (unpaired) electrons. The number of halogens is 1. The maximum absolute atomic E-state index is 13.1. The lowest BCUT2D eigenvalue weighted by Gasteiger charge is -2.08. The van der Waals surface area contributed by atoms with Gasteiger partial charge in [0.15, 0.2) is 0 Å². The lowest BCUT2D eigenvalue weighted by molar-refractivity contribution is 0.601. The number of rotatable bonds is 3. The fourth-order valence-corrected chi connectivity index (χ4v) is 2.55. The van der Waals surface area contributed by atoms with Crippen LogP contribution in [0.1, 0.15) is 0 Å². The number of sulfonamides is 1. The molecule has 0 aliphatic carbocycles. The second-order valence-corrected chi connectivity index (χ2v) is 5.37. The van der Waals surface area contributed by atoms with E-state index in [1.54, 1.807) is 18.2 Å². The van der Waals surface area contributed by atoms with Gasteiger partial charge >= 0.3 is 0 Å². The first-order chi connectivity index (χ1) is 8.47. The van der Waals surface area contributed by atoms with Crippen molar-refractivity contribution in [2.75, 3.05) is 10.5 Å². The first kappa shape index (κ1) is 12.4. The van der Waals surface area contributed by atoms with Crippen LogP contribution in [0.25, 0.3) is 0 Å². The predicted octanol–water partition coefficient (Wildman–Crippen LogP) is 2.21. The van der Waals surface area contributed by atoms with E-state index in [1.165, 1.54) is 18.2 Å². The largest absolute Gasteiger partial charge is 0.399 e. The molecule has 94 valence electrons. The summed E-state index contributed by atoms with van der Waals surface area (Å²) in [5.41, 5.74) is 5.69. The van der Waals surface area contributed by atoms with Crippen LogP contribution in [0.4, 0.5) is 15.8 Å². The molecule has 2 aromatic rings. The molecular formula is C12H11FN2O2S. The summed E-state index contributed by atoms with van der Waals surface area (Å²) < 4.78 is 39.3. The molecular weight excluding hydrogens is 255 g/mol. The van der Waals surface area contributed by atoms with Crippen molar-refractivity contribution in [1.29, 1.82) is 0 Å². The Bertz CT molecular complexity index is 637. The zero-order chi connectivity index (χ0) is 13.2. The van der Waals surface area contributed by atoms with E-state index in [4.69, 9.17) is 5.73 Å². The highest BCUT2D eigenvalue weighted by Gasteiger charge is 2.13. The van der Waals surface area contributed by atoms with Gasteiger partial charge in [0.1, 0.15) is 5.82 Å². The average Bonchev–Trinajstić information content (AvgIpc) is 2.28. The Morgan fingerprint density at radius 3 is 2.33 bits per heavy atom. The molecule has 0 fully saturated rings. The number of benzene rings is 2. The number of nitrogen functional groups attached to an aromatic ring is 1. The maximum atomic E-state index is 13.1. The molecule has 3 N–H and O–H groups in total. The van der Waals surface area contributed by atoms with Crippen molar-refractivity contribution < 1.29 is 12.8 Å². The summed E-state index contributed by atoms with van der Waals surface area (Å²) in [6.45, 7) is 0. The molecule has 0 amide bonds. The quantitative estimate of drug-likeness (QED) is 0.837. The molecule has 0 aromatic heterocycles. The molecule has 2 rings (SSSR count). The first-order valence-corrected chi connectivity index (χ1v) is 6.60. The fraction of sp³-hybridized carbons (Fsp3) is 0. The van der Waals surface area contributed by atoms with E-state index in [1.807, 2.05) is 0 Å². The van der Waals surface area contributed by atoms with Crippen LogP contribution in [0.15, 0.2) is 53.4 Å². The Balaban J connectivity index is 2.34. The minimum Gasteiger partial charge on any atom is -0.399 e. The normalized spacial score (nSPS) is 11.2. The number of hydrogen-bond donors (Lipinski definition) is 2. The molecule has 0 aliphatic rings. The van der Waals surface area contributed by atoms with E-state index in [9.17, 15) is 12.8 Å². The van der Waals surface area contributed by atoms with Crippen LogP contribution in [0, 0.1) is 5.82 Å². The predicted molar refractivity (Wildman–Crippen MR) is 68.1 cm³/mol. The lowest BCUT2D eigenvalue weighted by Crippen LogP contribution is -2.13. The molecule has 0 unspecified atom stereocenters. The van der Waals surface area contributed by atoms with Crippen LogP contribution in [0.3, 0.4) is 0 Å². The number of hydrogen-bond acceptors (Lipinski definition) is 3. The van der Waals surface area contributed by atoms with Crippen molar-refractivity contribution >= 4 is 21.4 Å². The molecule has 18 heavy (non-hydrogen) atoms. The third-order valence-corrected chi connectivity index (χ3v) is 3.62. The summed E-state index contributed by atoms with van der Waals surface area (Å²) >= 11 is 0. The van der Waals surface area contributed by atoms with E-state index >= 15 is 0 Å². The topological polar surface area (TPSA) is 72.2 Å². The number of nitrogens with two attached hydrogens (primary N) is 1. The Kier molecular flexibility index (Phi) is 3.20. The van der Waals surface area contributed by atoms with E-state index in [0.717, 1.165) is 12.1 Å². The van der Waals surface area contributed by atoms with Gasteiger partial charge in [0.05, 0.1) is 10.6 Å². The summed E-state index contributed by atoms with van der Waals surface area (Å²) in [7, 11) is -3.72. The zero-order valence-electron chi connectivity index (χ0n) is 9.30. The minimum absolute atomic E-state index is 0.0938. The zero-order valence-corrected chi connectivity index (χ0v) is 10.1. The van der Waals surface area contributed by atoms with Gasteiger partial charge in [-0.15, -0.1) is 0 Å². The van der Waals surface area contributed by atoms with Crippen LogP contribution in [-0.2, 0) is 10.0 Å². The summed E-state index contributed by atoms with van der Waals surface area (Å²) in [6.07, 6.45) is 0. The standard InChI is InChI=1S/C12H11FN2O2S/c13-9-6-10(14)8-11(7-9)15-18(16,17)12-4-2-1-3-5-12/h1-8,15H,14H2. The monoisotopic (exact) mass is 266 g/mol. The summed E-state index contributed by atoms with van der Waals surface area (Å²) in [5, 5.41) is 0. The summed E-state index contributed by atoms with van der Waals surface area (Å²) in [4.78, 5) is 0.104. The van der Waals surface area contributed by atoms with Gasteiger partial charge in [0, 0.05) is 5.69 Å². The molecule has 0 saturated heterocycles. The van der Waals surface area contributed by atoms with Crippen LogP contribution >= 0.6 is 0 Å². The second kappa shape index (κ2) is 4.66. The molecule has 6 heteroatoms. The van der Waals surface area contributed by atoms with Crippen LogP contribution in [0.5, 0.6) is 0 Å². The van der Waals surface area contributed by atoms with E-state index in [-0.39, 0.29) is 16.3 Å². The molecule has 0 spiro atoms. The van der Waals surface area contributed by atoms with Gasteiger partial charge in [-0.3, -0.25) is 4.72 Å². The van der Waals surface area contributed by atoms with E-state index in [0.29, 0.717) is 0 Å². The number of anilines is 2. The molecule has 0 bridgehead atoms. The highest BCUT2D eigenvalue weighted by atomic mass is 32.2. The smallest absolute Gasteiger partial charge is 0.261 e. The van der Waals surface area contributed by atoms with Crippen molar-refractivity contribution in [2.24, 2.45) is 0 Å². The van der Waals surface area contributed by atoms with Gasteiger partial charge in [-0.2, -0.15) is 0 Å². The fourth-order valence-electron chi connectivity index (χ4n) is 1.48. The van der Waals surface area contributed by atoms with Crippen LogP contribution in [0.2, 0.25) is 0 Å². The highest BCUT2D eigenvalue weighted by Crippen LogP contribution is 2.19. The molecule has 4 nitrogen and oxygen atoms in total. The van der Waals surface area contributed by atoms with Crippen LogP contribution < -0.4 is 10.5 Å². The lowest BCUT2D eigenvalue weighted by atomic mass is 10.3. The molecule has 0 aliphatic heterocycles. The first-order valence-electron chi connectivity index (χ1n) is 5.11. The SMILES string of the molecule is Nc1cc(F)cc(NS(=O)(=O)c2ccccc2)c1. The second-order valence-electron chi connectivity index (χ2n) is 3.69. The Morgan fingerprint density at radius 1 is 1.06 bits per heavy atom. The average molecular weight is 266 g/mol. The van der Waals surface area contributed by atoms with Gasteiger partial charge in [-0.25, -0.2) is 12.8 Å². The van der Waals surface area contributed by atoms with Gasteiger partial charge < -0.3 is 5.73 Å². The minimum atomic E-state index is -3.72. The third kappa shape index (κ3) is 2.78. The van der Waals surface area contributed by atoms with E-state index < -0.39 is 15.8 Å². The summed E-state index contributed by atoms with van der Waals surface area (Å²) in [6, 6.07) is 11.3. The van der Waals surface area contributed by atoms with Crippen molar-refractivity contribution in [3.8, 4) is 0 Å². The van der Waals surface area contributed by atoms with Crippen molar-refractivity contribution in [3.63, 3.8) is 0 Å². The van der Waals surface area contributed by atoms with Gasteiger partial charge in [-0.05, 0) is 30.3 Å². The summed E-state index contributed by atoms with van der Waals surface area (Å²) in [5.74, 6) is -0.597. The molecule has 0 saturated carbocycles. The Hall–Kier alpha value is -2.08. The van der Waals surface area contributed by atoms with Crippen molar-refractivity contribution in [3.05, 3.63) is 54.3 Å². The molecule has 2 aromatic carbocycles. The van der Waals surface area contributed by atoms with E-state index in [2.05, 4.69) is 4.72 Å². The maximum Gasteiger partial charge on any atom is 0.261 e. The highest BCUT2D eigenvalue weighted by molar-refractivity contribution is 7.92.